The molecule has 0 saturated carbocycles. The highest BCUT2D eigenvalue weighted by Gasteiger charge is 2.14. The normalized spacial score (nSPS) is 11.2. The van der Waals surface area contributed by atoms with Crippen molar-refractivity contribution in [2.45, 2.75) is 44.4 Å². The Morgan fingerprint density at radius 1 is 1.15 bits per heavy atom. The highest BCUT2D eigenvalue weighted by Crippen LogP contribution is 2.25. The van der Waals surface area contributed by atoms with Gasteiger partial charge in [0.25, 0.3) is 0 Å². The third-order valence-electron chi connectivity index (χ3n) is 2.77. The predicted molar refractivity (Wildman–Crippen MR) is 82.1 cm³/mol. The van der Waals surface area contributed by atoms with Crippen molar-refractivity contribution in [2.75, 3.05) is 12.4 Å². The molecule has 0 N–H and O–H groups in total. The van der Waals surface area contributed by atoms with Gasteiger partial charge in [0.15, 0.2) is 5.78 Å². The summed E-state index contributed by atoms with van der Waals surface area (Å²) in [6.45, 7) is 8.54. The van der Waals surface area contributed by atoms with E-state index in [2.05, 4.69) is 32.9 Å². The molecular weight excluding hydrogens is 272 g/mol. The first-order valence-electron chi connectivity index (χ1n) is 6.73. The Labute approximate surface area is 125 Å². The zero-order valence-corrected chi connectivity index (χ0v) is 13.4. The smallest absolute Gasteiger partial charge is 0.313 e. The second kappa shape index (κ2) is 7.48. The first-order valence-corrected chi connectivity index (χ1v) is 7.72. The lowest BCUT2D eigenvalue weighted by Crippen LogP contribution is -2.12. The van der Waals surface area contributed by atoms with Gasteiger partial charge in [-0.05, 0) is 30.0 Å². The van der Waals surface area contributed by atoms with Crippen molar-refractivity contribution >= 4 is 23.5 Å². The number of benzene rings is 1. The number of rotatable bonds is 6. The van der Waals surface area contributed by atoms with Gasteiger partial charge < -0.3 is 4.74 Å². The number of thioether (sulfide) groups is 1. The number of esters is 1. The average molecular weight is 294 g/mol. The van der Waals surface area contributed by atoms with Crippen LogP contribution < -0.4 is 0 Å². The third kappa shape index (κ3) is 5.78. The minimum absolute atomic E-state index is 0.103. The van der Waals surface area contributed by atoms with Gasteiger partial charge in [-0.2, -0.15) is 0 Å². The first kappa shape index (κ1) is 16.8. The molecule has 110 valence electrons. The van der Waals surface area contributed by atoms with Gasteiger partial charge in [0.1, 0.15) is 6.42 Å². The van der Waals surface area contributed by atoms with Gasteiger partial charge in [0.2, 0.25) is 0 Å². The summed E-state index contributed by atoms with van der Waals surface area (Å²) >= 11 is 1.45. The van der Waals surface area contributed by atoms with Crippen LogP contribution in [0.4, 0.5) is 0 Å². The van der Waals surface area contributed by atoms with Crippen molar-refractivity contribution in [3.8, 4) is 0 Å². The van der Waals surface area contributed by atoms with E-state index < -0.39 is 5.97 Å². The molecule has 0 aliphatic heterocycles. The third-order valence-corrected chi connectivity index (χ3v) is 3.84. The van der Waals surface area contributed by atoms with E-state index in [4.69, 9.17) is 4.74 Å². The molecule has 4 heteroatoms. The topological polar surface area (TPSA) is 43.4 Å². The minimum atomic E-state index is -0.443. The van der Waals surface area contributed by atoms with Crippen LogP contribution in [0.1, 0.15) is 39.7 Å². The molecule has 0 spiro atoms. The fourth-order valence-corrected chi connectivity index (χ4v) is 2.40. The summed E-state index contributed by atoms with van der Waals surface area (Å²) in [4.78, 5) is 23.8. The Balaban J connectivity index is 2.46. The largest absolute Gasteiger partial charge is 0.466 e. The minimum Gasteiger partial charge on any atom is -0.466 e. The molecule has 0 aliphatic carbocycles. The Morgan fingerprint density at radius 2 is 1.75 bits per heavy atom. The molecule has 0 saturated heterocycles. The second-order valence-corrected chi connectivity index (χ2v) is 6.63. The van der Waals surface area contributed by atoms with Crippen molar-refractivity contribution in [1.29, 1.82) is 0 Å². The quantitative estimate of drug-likeness (QED) is 0.457. The summed E-state index contributed by atoms with van der Waals surface area (Å²) in [5, 5.41) is 0. The van der Waals surface area contributed by atoms with Crippen LogP contribution in [0.3, 0.4) is 0 Å². The van der Waals surface area contributed by atoms with Gasteiger partial charge in [-0.15, -0.1) is 11.8 Å². The lowest BCUT2D eigenvalue weighted by atomic mass is 9.87. The molecule has 0 unspecified atom stereocenters. The summed E-state index contributed by atoms with van der Waals surface area (Å²) in [5.41, 5.74) is 1.39. The molecule has 0 amide bonds. The van der Waals surface area contributed by atoms with E-state index in [0.717, 1.165) is 4.90 Å². The number of ketones is 1. The first-order chi connectivity index (χ1) is 9.32. The number of Topliss-reactive ketones (excluding diaryl/α,β-unsaturated/α-hetero) is 1. The summed E-state index contributed by atoms with van der Waals surface area (Å²) in [7, 11) is 0. The molecule has 0 heterocycles. The Bertz CT molecular complexity index is 458. The predicted octanol–water partition coefficient (Wildman–Crippen LogP) is 3.60. The van der Waals surface area contributed by atoms with E-state index in [9.17, 15) is 9.59 Å². The van der Waals surface area contributed by atoms with Crippen LogP contribution in [0.2, 0.25) is 0 Å². The van der Waals surface area contributed by atoms with E-state index in [1.165, 1.54) is 17.3 Å². The molecule has 0 atom stereocenters. The number of carbonyl (C=O) groups is 2. The van der Waals surface area contributed by atoms with Crippen LogP contribution in [0.15, 0.2) is 29.2 Å². The maximum absolute atomic E-state index is 11.6. The molecule has 1 rings (SSSR count). The van der Waals surface area contributed by atoms with Crippen molar-refractivity contribution in [2.24, 2.45) is 0 Å². The van der Waals surface area contributed by atoms with Crippen molar-refractivity contribution in [3.63, 3.8) is 0 Å². The molecule has 20 heavy (non-hydrogen) atoms. The van der Waals surface area contributed by atoms with Crippen LogP contribution >= 0.6 is 11.8 Å². The van der Waals surface area contributed by atoms with E-state index >= 15 is 0 Å². The Morgan fingerprint density at radius 3 is 2.25 bits per heavy atom. The fraction of sp³-hybridized carbons (Fsp3) is 0.500. The summed E-state index contributed by atoms with van der Waals surface area (Å²) in [6.07, 6.45) is -0.138. The Kier molecular flexibility index (Phi) is 6.27. The lowest BCUT2D eigenvalue weighted by Gasteiger charge is -2.19. The van der Waals surface area contributed by atoms with Crippen molar-refractivity contribution < 1.29 is 14.3 Å². The monoisotopic (exact) mass is 294 g/mol. The second-order valence-electron chi connectivity index (χ2n) is 5.58. The van der Waals surface area contributed by atoms with Gasteiger partial charge in [-0.1, -0.05) is 32.9 Å². The number of hydrogen-bond acceptors (Lipinski definition) is 4. The maximum Gasteiger partial charge on any atom is 0.313 e. The van der Waals surface area contributed by atoms with Gasteiger partial charge in [0, 0.05) is 4.90 Å². The average Bonchev–Trinajstić information content (AvgIpc) is 2.36. The molecule has 1 aromatic carbocycles. The molecule has 0 fully saturated rings. The van der Waals surface area contributed by atoms with Gasteiger partial charge in [-0.3, -0.25) is 9.59 Å². The molecule has 0 radical (unpaired) electrons. The Hall–Kier alpha value is -1.29. The lowest BCUT2D eigenvalue weighted by molar-refractivity contribution is -0.145. The maximum atomic E-state index is 11.6. The number of carbonyl (C=O) groups excluding carboxylic acids is 2. The van der Waals surface area contributed by atoms with Crippen LogP contribution in [0, 0.1) is 0 Å². The van der Waals surface area contributed by atoms with Crippen LogP contribution in [-0.2, 0) is 19.7 Å². The molecular formula is C16H22O3S. The standard InChI is InChI=1S/C16H22O3S/c1-5-19-15(18)10-13(17)11-20-14-8-6-12(7-9-14)16(2,3)4/h6-9H,5,10-11H2,1-4H3. The molecule has 3 nitrogen and oxygen atoms in total. The van der Waals surface area contributed by atoms with E-state index in [1.54, 1.807) is 6.92 Å². The molecule has 0 aromatic heterocycles. The van der Waals surface area contributed by atoms with Crippen LogP contribution in [0.25, 0.3) is 0 Å². The zero-order chi connectivity index (χ0) is 15.2. The van der Waals surface area contributed by atoms with Gasteiger partial charge >= 0.3 is 5.97 Å². The number of ether oxygens (including phenoxy) is 1. The van der Waals surface area contributed by atoms with E-state index in [0.29, 0.717) is 12.4 Å². The van der Waals surface area contributed by atoms with Crippen LogP contribution in [0.5, 0.6) is 0 Å². The van der Waals surface area contributed by atoms with Crippen molar-refractivity contribution in [3.05, 3.63) is 29.8 Å². The van der Waals surface area contributed by atoms with Gasteiger partial charge in [-0.25, -0.2) is 0 Å². The van der Waals surface area contributed by atoms with Crippen molar-refractivity contribution in [1.82, 2.24) is 0 Å². The summed E-state index contributed by atoms with van der Waals surface area (Å²) in [5.74, 6) is -0.247. The highest BCUT2D eigenvalue weighted by molar-refractivity contribution is 8.00. The fourth-order valence-electron chi connectivity index (χ4n) is 1.64. The SMILES string of the molecule is CCOC(=O)CC(=O)CSc1ccc(C(C)(C)C)cc1. The van der Waals surface area contributed by atoms with E-state index in [1.807, 2.05) is 12.1 Å². The highest BCUT2D eigenvalue weighted by atomic mass is 32.2. The van der Waals surface area contributed by atoms with Gasteiger partial charge in [0.05, 0.1) is 12.4 Å². The summed E-state index contributed by atoms with van der Waals surface area (Å²) in [6, 6.07) is 8.20. The van der Waals surface area contributed by atoms with Crippen LogP contribution in [-0.4, -0.2) is 24.1 Å². The molecule has 1 aromatic rings. The zero-order valence-electron chi connectivity index (χ0n) is 12.6. The van der Waals surface area contributed by atoms with E-state index in [-0.39, 0.29) is 17.6 Å². The number of hydrogen-bond donors (Lipinski definition) is 0. The molecule has 0 aliphatic rings. The molecule has 0 bridgehead atoms. The summed E-state index contributed by atoms with van der Waals surface area (Å²) < 4.78 is 4.75.